The molecule has 1 amide bonds. The van der Waals surface area contributed by atoms with Crippen LogP contribution in [0.15, 0.2) is 59.5 Å². The second-order valence-electron chi connectivity index (χ2n) is 11.3. The topological polar surface area (TPSA) is 75.3 Å². The SMILES string of the molecule is CS(=O)(=O)c1ccc(NC(=O)CC2CCCC(CCCC(c3ccccc3)C3CCNCC3)CC2)cc1. The molecule has 37 heavy (non-hydrogen) atoms. The summed E-state index contributed by atoms with van der Waals surface area (Å²) in [6.45, 7) is 2.30. The fourth-order valence-corrected chi connectivity index (χ4v) is 7.09. The van der Waals surface area contributed by atoms with Gasteiger partial charge in [-0.05, 0) is 98.7 Å². The van der Waals surface area contributed by atoms with E-state index in [9.17, 15) is 13.2 Å². The third kappa shape index (κ3) is 8.68. The molecule has 1 aliphatic carbocycles. The Balaban J connectivity index is 1.21. The molecule has 1 heterocycles. The van der Waals surface area contributed by atoms with Crippen molar-refractivity contribution in [1.29, 1.82) is 0 Å². The number of hydrogen-bond donors (Lipinski definition) is 2. The summed E-state index contributed by atoms with van der Waals surface area (Å²) in [7, 11) is -3.23. The number of carbonyl (C=O) groups is 1. The summed E-state index contributed by atoms with van der Waals surface area (Å²) in [5.74, 6) is 2.72. The average Bonchev–Trinajstić information content (AvgIpc) is 3.12. The first kappa shape index (κ1) is 27.8. The van der Waals surface area contributed by atoms with Gasteiger partial charge in [0, 0.05) is 18.4 Å². The first-order valence-corrected chi connectivity index (χ1v) is 16.1. The predicted molar refractivity (Wildman–Crippen MR) is 151 cm³/mol. The number of rotatable bonds is 10. The van der Waals surface area contributed by atoms with Crippen molar-refractivity contribution in [3.05, 3.63) is 60.2 Å². The van der Waals surface area contributed by atoms with Crippen molar-refractivity contribution < 1.29 is 13.2 Å². The lowest BCUT2D eigenvalue weighted by molar-refractivity contribution is -0.117. The third-order valence-electron chi connectivity index (χ3n) is 8.56. The number of hydrogen-bond acceptors (Lipinski definition) is 4. The Bertz CT molecular complexity index is 1080. The molecule has 2 aromatic rings. The molecule has 0 bridgehead atoms. The van der Waals surface area contributed by atoms with Crippen molar-refractivity contribution in [2.45, 2.75) is 81.4 Å². The van der Waals surface area contributed by atoms with Gasteiger partial charge in [-0.3, -0.25) is 4.79 Å². The lowest BCUT2D eigenvalue weighted by Gasteiger charge is -2.31. The fourth-order valence-electron chi connectivity index (χ4n) is 6.46. The minimum Gasteiger partial charge on any atom is -0.326 e. The lowest BCUT2D eigenvalue weighted by Crippen LogP contribution is -2.31. The van der Waals surface area contributed by atoms with Crippen LogP contribution in [-0.4, -0.2) is 33.7 Å². The third-order valence-corrected chi connectivity index (χ3v) is 9.68. The van der Waals surface area contributed by atoms with E-state index in [-0.39, 0.29) is 10.8 Å². The van der Waals surface area contributed by atoms with E-state index in [0.29, 0.717) is 23.9 Å². The highest BCUT2D eigenvalue weighted by molar-refractivity contribution is 7.90. The highest BCUT2D eigenvalue weighted by atomic mass is 32.2. The molecular formula is C31H44N2O3S. The van der Waals surface area contributed by atoms with Crippen LogP contribution < -0.4 is 10.6 Å². The van der Waals surface area contributed by atoms with Crippen molar-refractivity contribution in [2.24, 2.45) is 17.8 Å². The predicted octanol–water partition coefficient (Wildman–Crippen LogP) is 6.57. The van der Waals surface area contributed by atoms with Crippen molar-refractivity contribution >= 4 is 21.4 Å². The molecule has 2 aliphatic rings. The number of nitrogens with one attached hydrogen (secondary N) is 2. The summed E-state index contributed by atoms with van der Waals surface area (Å²) >= 11 is 0. The molecule has 0 spiro atoms. The van der Waals surface area contributed by atoms with E-state index in [1.807, 2.05) is 0 Å². The van der Waals surface area contributed by atoms with Crippen LogP contribution in [0, 0.1) is 17.8 Å². The van der Waals surface area contributed by atoms with Crippen molar-refractivity contribution in [2.75, 3.05) is 24.7 Å². The maximum absolute atomic E-state index is 12.7. The number of anilines is 1. The van der Waals surface area contributed by atoms with E-state index in [1.54, 1.807) is 24.3 Å². The zero-order valence-electron chi connectivity index (χ0n) is 22.3. The monoisotopic (exact) mass is 524 g/mol. The highest BCUT2D eigenvalue weighted by Crippen LogP contribution is 2.37. The van der Waals surface area contributed by atoms with Crippen molar-refractivity contribution in [3.63, 3.8) is 0 Å². The maximum Gasteiger partial charge on any atom is 0.224 e. The fraction of sp³-hybridized carbons (Fsp3) is 0.581. The van der Waals surface area contributed by atoms with Crippen LogP contribution in [0.4, 0.5) is 5.69 Å². The van der Waals surface area contributed by atoms with Gasteiger partial charge in [-0.15, -0.1) is 0 Å². The van der Waals surface area contributed by atoms with Gasteiger partial charge in [0.05, 0.1) is 4.90 Å². The Labute approximate surface area is 223 Å². The molecule has 1 aliphatic heterocycles. The van der Waals surface area contributed by atoms with Gasteiger partial charge in [0.25, 0.3) is 0 Å². The molecule has 2 N–H and O–H groups in total. The molecule has 3 unspecified atom stereocenters. The molecule has 0 aromatic heterocycles. The molecule has 3 atom stereocenters. The van der Waals surface area contributed by atoms with E-state index in [1.165, 1.54) is 63.2 Å². The molecule has 1 saturated carbocycles. The minimum atomic E-state index is -3.23. The Morgan fingerprint density at radius 2 is 1.59 bits per heavy atom. The Hall–Kier alpha value is -2.18. The molecular weight excluding hydrogens is 480 g/mol. The molecule has 5 nitrogen and oxygen atoms in total. The smallest absolute Gasteiger partial charge is 0.224 e. The normalized spacial score (nSPS) is 22.2. The molecule has 2 fully saturated rings. The maximum atomic E-state index is 12.7. The van der Waals surface area contributed by atoms with Crippen LogP contribution in [0.1, 0.15) is 82.1 Å². The average molecular weight is 525 g/mol. The summed E-state index contributed by atoms with van der Waals surface area (Å²) in [4.78, 5) is 12.9. The van der Waals surface area contributed by atoms with Crippen LogP contribution in [0.3, 0.4) is 0 Å². The van der Waals surface area contributed by atoms with Crippen LogP contribution in [-0.2, 0) is 14.6 Å². The Morgan fingerprint density at radius 3 is 2.30 bits per heavy atom. The Morgan fingerprint density at radius 1 is 0.919 bits per heavy atom. The van der Waals surface area contributed by atoms with Crippen LogP contribution >= 0.6 is 0 Å². The van der Waals surface area contributed by atoms with Crippen LogP contribution in [0.5, 0.6) is 0 Å². The van der Waals surface area contributed by atoms with Gasteiger partial charge in [0.15, 0.2) is 9.84 Å². The second-order valence-corrected chi connectivity index (χ2v) is 13.3. The van der Waals surface area contributed by atoms with E-state index in [4.69, 9.17) is 0 Å². The highest BCUT2D eigenvalue weighted by Gasteiger charge is 2.26. The van der Waals surface area contributed by atoms with Gasteiger partial charge < -0.3 is 10.6 Å². The number of carbonyl (C=O) groups excluding carboxylic acids is 1. The number of piperidine rings is 1. The molecule has 1 saturated heterocycles. The van der Waals surface area contributed by atoms with E-state index >= 15 is 0 Å². The van der Waals surface area contributed by atoms with Gasteiger partial charge in [-0.2, -0.15) is 0 Å². The quantitative estimate of drug-likeness (QED) is 0.345. The number of amides is 1. The van der Waals surface area contributed by atoms with Crippen molar-refractivity contribution in [3.8, 4) is 0 Å². The number of benzene rings is 2. The van der Waals surface area contributed by atoms with Gasteiger partial charge >= 0.3 is 0 Å². The van der Waals surface area contributed by atoms with Gasteiger partial charge in [-0.25, -0.2) is 8.42 Å². The summed E-state index contributed by atoms with van der Waals surface area (Å²) < 4.78 is 23.3. The summed E-state index contributed by atoms with van der Waals surface area (Å²) in [6, 6.07) is 17.6. The van der Waals surface area contributed by atoms with Crippen LogP contribution in [0.2, 0.25) is 0 Å². The summed E-state index contributed by atoms with van der Waals surface area (Å²) in [5.41, 5.74) is 2.18. The van der Waals surface area contributed by atoms with Gasteiger partial charge in [0.1, 0.15) is 0 Å². The summed E-state index contributed by atoms with van der Waals surface area (Å²) in [5, 5.41) is 6.48. The largest absolute Gasteiger partial charge is 0.326 e. The van der Waals surface area contributed by atoms with Gasteiger partial charge in [0.2, 0.25) is 5.91 Å². The zero-order valence-corrected chi connectivity index (χ0v) is 23.1. The molecule has 202 valence electrons. The van der Waals surface area contributed by atoms with E-state index < -0.39 is 9.84 Å². The minimum absolute atomic E-state index is 0.0308. The van der Waals surface area contributed by atoms with Crippen molar-refractivity contribution in [1.82, 2.24) is 5.32 Å². The zero-order chi connectivity index (χ0) is 26.1. The van der Waals surface area contributed by atoms with E-state index in [0.717, 1.165) is 37.8 Å². The van der Waals surface area contributed by atoms with Gasteiger partial charge in [-0.1, -0.05) is 62.4 Å². The molecule has 6 heteroatoms. The van der Waals surface area contributed by atoms with E-state index in [2.05, 4.69) is 41.0 Å². The molecule has 2 aromatic carbocycles. The second kappa shape index (κ2) is 13.6. The number of sulfone groups is 1. The Kier molecular flexibility index (Phi) is 10.2. The molecule has 0 radical (unpaired) electrons. The summed E-state index contributed by atoms with van der Waals surface area (Å²) in [6.07, 6.45) is 14.2. The standard InChI is InChI=1S/C31H44N2O3S/c1-37(35,36)29-17-15-28(16-18-29)33-31(34)23-25-9-5-7-24(13-14-25)8-6-12-30(26-10-3-2-4-11-26)27-19-21-32-22-20-27/h2-4,10-11,15-18,24-25,27,30,32H,5-9,12-14,19-23H2,1H3,(H,33,34). The molecule has 4 rings (SSSR count). The first-order valence-electron chi connectivity index (χ1n) is 14.2. The van der Waals surface area contributed by atoms with Crippen LogP contribution in [0.25, 0.3) is 0 Å². The lowest BCUT2D eigenvalue weighted by atomic mass is 9.77. The first-order chi connectivity index (χ1) is 17.9.